The Hall–Kier alpha value is -2.11. The van der Waals surface area contributed by atoms with Gasteiger partial charge in [-0.25, -0.2) is 0 Å². The molecule has 0 aliphatic heterocycles. The van der Waals surface area contributed by atoms with E-state index in [1.807, 2.05) is 46.7 Å². The first-order valence-electron chi connectivity index (χ1n) is 8.18. The number of benzene rings is 1. The summed E-state index contributed by atoms with van der Waals surface area (Å²) in [6, 6.07) is 18.1. The summed E-state index contributed by atoms with van der Waals surface area (Å²) in [5.41, 5.74) is 2.09. The second kappa shape index (κ2) is 9.39. The highest BCUT2D eigenvalue weighted by Gasteiger charge is 2.15. The summed E-state index contributed by atoms with van der Waals surface area (Å²) in [4.78, 5) is 20.2. The van der Waals surface area contributed by atoms with E-state index in [9.17, 15) is 4.79 Å². The van der Waals surface area contributed by atoms with Crippen LogP contribution >= 0.6 is 23.1 Å². The molecule has 0 fully saturated rings. The molecule has 0 unspecified atom stereocenters. The van der Waals surface area contributed by atoms with Gasteiger partial charge in [0.15, 0.2) is 0 Å². The van der Waals surface area contributed by atoms with Gasteiger partial charge < -0.3 is 4.90 Å². The van der Waals surface area contributed by atoms with Crippen molar-refractivity contribution in [2.24, 2.45) is 0 Å². The lowest BCUT2D eigenvalue weighted by atomic mass is 10.2. The van der Waals surface area contributed by atoms with Crippen molar-refractivity contribution in [3.05, 3.63) is 82.8 Å². The number of hydrogen-bond acceptors (Lipinski definition) is 4. The van der Waals surface area contributed by atoms with Crippen molar-refractivity contribution in [2.45, 2.75) is 24.4 Å². The van der Waals surface area contributed by atoms with Crippen molar-refractivity contribution >= 4 is 29.0 Å². The van der Waals surface area contributed by atoms with E-state index in [1.165, 1.54) is 10.5 Å². The topological polar surface area (TPSA) is 33.2 Å². The van der Waals surface area contributed by atoms with Crippen LogP contribution in [-0.2, 0) is 17.9 Å². The molecule has 0 saturated carbocycles. The van der Waals surface area contributed by atoms with E-state index in [1.54, 1.807) is 29.3 Å². The Bertz CT molecular complexity index is 761. The predicted octanol–water partition coefficient (Wildman–Crippen LogP) is 4.85. The number of thioether (sulfide) groups is 1. The molecule has 0 saturated heterocycles. The van der Waals surface area contributed by atoms with Crippen LogP contribution in [0.25, 0.3) is 0 Å². The van der Waals surface area contributed by atoms with Crippen LogP contribution in [0, 0.1) is 0 Å². The molecular formula is C20H20N2OS2. The molecule has 0 bridgehead atoms. The van der Waals surface area contributed by atoms with Gasteiger partial charge in [-0.2, -0.15) is 11.3 Å². The lowest BCUT2D eigenvalue weighted by Gasteiger charge is -2.22. The van der Waals surface area contributed by atoms with Gasteiger partial charge in [-0.3, -0.25) is 9.78 Å². The van der Waals surface area contributed by atoms with Crippen LogP contribution in [0.5, 0.6) is 0 Å². The standard InChI is InChI=1S/C20H20N2OS2/c23-20(10-13-25-19-7-2-1-3-8-19)22(14-17-9-12-24-16-17)15-18-6-4-5-11-21-18/h1-9,11-12,16H,10,13-15H2. The molecule has 3 aromatic rings. The fourth-order valence-electron chi connectivity index (χ4n) is 2.45. The maximum absolute atomic E-state index is 12.8. The number of amides is 1. The minimum Gasteiger partial charge on any atom is -0.332 e. The van der Waals surface area contributed by atoms with Crippen LogP contribution in [0.1, 0.15) is 17.7 Å². The van der Waals surface area contributed by atoms with Gasteiger partial charge in [0.05, 0.1) is 12.2 Å². The van der Waals surface area contributed by atoms with Crippen molar-refractivity contribution in [3.8, 4) is 0 Å². The number of nitrogens with zero attached hydrogens (tertiary/aromatic N) is 2. The van der Waals surface area contributed by atoms with Crippen molar-refractivity contribution < 1.29 is 4.79 Å². The molecule has 2 aromatic heterocycles. The van der Waals surface area contributed by atoms with E-state index in [0.717, 1.165) is 11.4 Å². The summed E-state index contributed by atoms with van der Waals surface area (Å²) >= 11 is 3.38. The first-order chi connectivity index (χ1) is 12.3. The van der Waals surface area contributed by atoms with Crippen molar-refractivity contribution in [1.82, 2.24) is 9.88 Å². The molecule has 0 spiro atoms. The predicted molar refractivity (Wildman–Crippen MR) is 105 cm³/mol. The molecule has 0 aliphatic rings. The number of hydrogen-bond donors (Lipinski definition) is 0. The maximum Gasteiger partial charge on any atom is 0.224 e. The fraction of sp³-hybridized carbons (Fsp3) is 0.200. The van der Waals surface area contributed by atoms with Gasteiger partial charge in [-0.1, -0.05) is 24.3 Å². The van der Waals surface area contributed by atoms with Crippen molar-refractivity contribution in [2.75, 3.05) is 5.75 Å². The molecule has 25 heavy (non-hydrogen) atoms. The van der Waals surface area contributed by atoms with Gasteiger partial charge >= 0.3 is 0 Å². The summed E-state index contributed by atoms with van der Waals surface area (Å²) in [6.07, 6.45) is 2.30. The van der Waals surface area contributed by atoms with E-state index in [-0.39, 0.29) is 5.91 Å². The van der Waals surface area contributed by atoms with Gasteiger partial charge in [-0.05, 0) is 46.7 Å². The number of pyridine rings is 1. The van der Waals surface area contributed by atoms with E-state index in [0.29, 0.717) is 19.5 Å². The van der Waals surface area contributed by atoms with Crippen molar-refractivity contribution in [1.29, 1.82) is 0 Å². The van der Waals surface area contributed by atoms with E-state index < -0.39 is 0 Å². The minimum atomic E-state index is 0.167. The third-order valence-corrected chi connectivity index (χ3v) is 5.46. The number of carbonyl (C=O) groups is 1. The van der Waals surface area contributed by atoms with Crippen LogP contribution in [-0.4, -0.2) is 21.5 Å². The Balaban J connectivity index is 1.60. The third-order valence-electron chi connectivity index (χ3n) is 3.71. The quantitative estimate of drug-likeness (QED) is 0.533. The third kappa shape index (κ3) is 5.73. The van der Waals surface area contributed by atoms with E-state index in [2.05, 4.69) is 28.6 Å². The van der Waals surface area contributed by atoms with Crippen LogP contribution in [0.15, 0.2) is 76.4 Å². The first-order valence-corrected chi connectivity index (χ1v) is 10.1. The number of rotatable bonds is 8. The molecule has 2 heterocycles. The molecule has 1 amide bonds. The lowest BCUT2D eigenvalue weighted by molar-refractivity contribution is -0.132. The zero-order valence-electron chi connectivity index (χ0n) is 13.9. The highest BCUT2D eigenvalue weighted by atomic mass is 32.2. The highest BCUT2D eigenvalue weighted by Crippen LogP contribution is 2.19. The summed E-state index contributed by atoms with van der Waals surface area (Å²) in [5.74, 6) is 0.950. The average Bonchev–Trinajstić information content (AvgIpc) is 3.16. The average molecular weight is 369 g/mol. The Kier molecular flexibility index (Phi) is 6.65. The summed E-state index contributed by atoms with van der Waals surface area (Å²) in [7, 11) is 0. The molecular weight excluding hydrogens is 348 g/mol. The zero-order valence-corrected chi connectivity index (χ0v) is 15.5. The molecule has 3 rings (SSSR count). The normalized spacial score (nSPS) is 10.6. The van der Waals surface area contributed by atoms with Crippen LogP contribution in [0.4, 0.5) is 0 Å². The summed E-state index contributed by atoms with van der Waals surface area (Å²) < 4.78 is 0. The number of aromatic nitrogens is 1. The van der Waals surface area contributed by atoms with Crippen LogP contribution in [0.2, 0.25) is 0 Å². The van der Waals surface area contributed by atoms with Gasteiger partial charge in [0.25, 0.3) is 0 Å². The highest BCUT2D eigenvalue weighted by molar-refractivity contribution is 7.99. The smallest absolute Gasteiger partial charge is 0.224 e. The Labute approximate surface area is 156 Å². The van der Waals surface area contributed by atoms with Crippen LogP contribution in [0.3, 0.4) is 0 Å². The van der Waals surface area contributed by atoms with Gasteiger partial charge in [-0.15, -0.1) is 11.8 Å². The monoisotopic (exact) mass is 368 g/mol. The van der Waals surface area contributed by atoms with Crippen LogP contribution < -0.4 is 0 Å². The van der Waals surface area contributed by atoms with Gasteiger partial charge in [0.2, 0.25) is 5.91 Å². The first kappa shape index (κ1) is 17.7. The second-order valence-corrected chi connectivity index (χ2v) is 7.56. The summed E-state index contributed by atoms with van der Waals surface area (Å²) in [6.45, 7) is 1.18. The molecule has 0 atom stereocenters. The zero-order chi connectivity index (χ0) is 17.3. The molecule has 0 N–H and O–H groups in total. The Morgan fingerprint density at radius 1 is 1.04 bits per heavy atom. The second-order valence-electron chi connectivity index (χ2n) is 5.61. The van der Waals surface area contributed by atoms with E-state index >= 15 is 0 Å². The molecule has 3 nitrogen and oxygen atoms in total. The van der Waals surface area contributed by atoms with Crippen molar-refractivity contribution in [3.63, 3.8) is 0 Å². The SMILES string of the molecule is O=C(CCSc1ccccc1)N(Cc1ccsc1)Cc1ccccn1. The van der Waals surface area contributed by atoms with Gasteiger partial charge in [0, 0.05) is 29.8 Å². The molecule has 0 aliphatic carbocycles. The fourth-order valence-corrected chi connectivity index (χ4v) is 3.98. The summed E-state index contributed by atoms with van der Waals surface area (Å²) in [5, 5.41) is 4.14. The molecule has 128 valence electrons. The van der Waals surface area contributed by atoms with E-state index in [4.69, 9.17) is 0 Å². The Morgan fingerprint density at radius 2 is 1.88 bits per heavy atom. The Morgan fingerprint density at radius 3 is 2.60 bits per heavy atom. The van der Waals surface area contributed by atoms with Gasteiger partial charge in [0.1, 0.15) is 0 Å². The maximum atomic E-state index is 12.8. The largest absolute Gasteiger partial charge is 0.332 e. The minimum absolute atomic E-state index is 0.167. The molecule has 5 heteroatoms. The molecule has 0 radical (unpaired) electrons. The lowest BCUT2D eigenvalue weighted by Crippen LogP contribution is -2.30. The molecule has 1 aromatic carbocycles. The number of thiophene rings is 1. The number of carbonyl (C=O) groups excluding carboxylic acids is 1.